The van der Waals surface area contributed by atoms with Crippen LogP contribution in [0, 0.1) is 4.77 Å². The Morgan fingerprint density at radius 3 is 2.38 bits per heavy atom. The Bertz CT molecular complexity index is 950. The average molecular weight is 375 g/mol. The van der Waals surface area contributed by atoms with Crippen molar-refractivity contribution in [3.63, 3.8) is 0 Å². The molecule has 0 unspecified atom stereocenters. The number of rotatable bonds is 4. The van der Waals surface area contributed by atoms with Crippen molar-refractivity contribution in [2.75, 3.05) is 14.2 Å². The molecule has 138 valence electrons. The van der Waals surface area contributed by atoms with Crippen LogP contribution in [0.2, 0.25) is 0 Å². The van der Waals surface area contributed by atoms with Crippen LogP contribution in [-0.2, 0) is 0 Å². The monoisotopic (exact) mass is 375 g/mol. The van der Waals surface area contributed by atoms with E-state index in [0.717, 1.165) is 0 Å². The van der Waals surface area contributed by atoms with Crippen LogP contribution in [0.15, 0.2) is 36.4 Å². The summed E-state index contributed by atoms with van der Waals surface area (Å²) < 4.78 is 12.6. The van der Waals surface area contributed by atoms with Crippen molar-refractivity contribution < 1.29 is 19.7 Å². The molecule has 0 radical (unpaired) electrons. The number of phenols is 2. The van der Waals surface area contributed by atoms with Gasteiger partial charge in [0.15, 0.2) is 10.6 Å². The zero-order valence-electron chi connectivity index (χ0n) is 15.0. The van der Waals surface area contributed by atoms with E-state index in [1.807, 2.05) is 13.8 Å². The van der Waals surface area contributed by atoms with Gasteiger partial charge < -0.3 is 19.7 Å². The van der Waals surface area contributed by atoms with Gasteiger partial charge >= 0.3 is 0 Å². The van der Waals surface area contributed by atoms with Crippen molar-refractivity contribution >= 4 is 12.2 Å². The highest BCUT2D eigenvalue weighted by Crippen LogP contribution is 2.35. The Labute approximate surface area is 156 Å². The summed E-state index contributed by atoms with van der Waals surface area (Å²) in [6, 6.07) is 9.52. The topological polar surface area (TPSA) is 92.5 Å². The second-order valence-corrected chi connectivity index (χ2v) is 5.31. The summed E-state index contributed by atoms with van der Waals surface area (Å²) in [5, 5.41) is 26.5. The number of nitrogens with zero attached hydrogens (tertiary/aromatic N) is 2. The van der Waals surface area contributed by atoms with Crippen molar-refractivity contribution in [1.82, 2.24) is 14.8 Å². The molecule has 0 saturated heterocycles. The molecular weight excluding hydrogens is 354 g/mol. The highest BCUT2D eigenvalue weighted by Gasteiger charge is 2.18. The molecule has 1 heterocycles. The lowest BCUT2D eigenvalue weighted by Gasteiger charge is -2.13. The van der Waals surface area contributed by atoms with E-state index >= 15 is 0 Å². The fourth-order valence-corrected chi connectivity index (χ4v) is 2.61. The molecule has 26 heavy (non-hydrogen) atoms. The molecular formula is C18H21N3O4S. The van der Waals surface area contributed by atoms with Gasteiger partial charge in [0, 0.05) is 12.1 Å². The van der Waals surface area contributed by atoms with Crippen molar-refractivity contribution in [3.05, 3.63) is 41.2 Å². The highest BCUT2D eigenvalue weighted by molar-refractivity contribution is 7.71. The van der Waals surface area contributed by atoms with Crippen LogP contribution in [-0.4, -0.2) is 39.2 Å². The van der Waals surface area contributed by atoms with Gasteiger partial charge in [0.05, 0.1) is 25.5 Å². The minimum Gasteiger partial charge on any atom is -0.508 e. The van der Waals surface area contributed by atoms with Gasteiger partial charge in [0.25, 0.3) is 0 Å². The van der Waals surface area contributed by atoms with E-state index in [0.29, 0.717) is 33.3 Å². The third kappa shape index (κ3) is 3.65. The number of methoxy groups -OCH3 is 2. The molecule has 1 aromatic heterocycles. The largest absolute Gasteiger partial charge is 0.508 e. The summed E-state index contributed by atoms with van der Waals surface area (Å²) >= 11 is 5.33. The first-order chi connectivity index (χ1) is 12.5. The minimum atomic E-state index is -0.118. The molecule has 3 aromatic rings. The SMILES string of the molecule is CC.COc1ccc(OC)c(-n2c(-c3ccc(O)cc3O)n[nH]c2=S)c1. The lowest BCUT2D eigenvalue weighted by Crippen LogP contribution is -2.01. The predicted molar refractivity (Wildman–Crippen MR) is 102 cm³/mol. The van der Waals surface area contributed by atoms with E-state index in [4.69, 9.17) is 21.7 Å². The predicted octanol–water partition coefficient (Wildman–Crippen LogP) is 4.05. The lowest BCUT2D eigenvalue weighted by atomic mass is 10.1. The van der Waals surface area contributed by atoms with E-state index in [2.05, 4.69) is 10.2 Å². The molecule has 3 rings (SSSR count). The normalized spacial score (nSPS) is 10.0. The number of hydrogen-bond acceptors (Lipinski definition) is 6. The molecule has 0 fully saturated rings. The Morgan fingerprint density at radius 2 is 1.77 bits per heavy atom. The molecule has 0 bridgehead atoms. The molecule has 3 N–H and O–H groups in total. The van der Waals surface area contributed by atoms with Gasteiger partial charge in [-0.1, -0.05) is 13.8 Å². The second-order valence-electron chi connectivity index (χ2n) is 4.93. The molecule has 0 atom stereocenters. The summed E-state index contributed by atoms with van der Waals surface area (Å²) in [6.07, 6.45) is 0. The second kappa shape index (κ2) is 8.39. The van der Waals surface area contributed by atoms with Crippen LogP contribution in [0.1, 0.15) is 13.8 Å². The highest BCUT2D eigenvalue weighted by atomic mass is 32.1. The summed E-state index contributed by atoms with van der Waals surface area (Å²) in [7, 11) is 3.11. The van der Waals surface area contributed by atoms with E-state index < -0.39 is 0 Å². The third-order valence-corrected chi connectivity index (χ3v) is 3.80. The maximum atomic E-state index is 10.1. The van der Waals surface area contributed by atoms with Gasteiger partial charge in [-0.25, -0.2) is 0 Å². The van der Waals surface area contributed by atoms with Crippen molar-refractivity contribution in [3.8, 4) is 40.1 Å². The summed E-state index contributed by atoms with van der Waals surface area (Å²) in [5.74, 6) is 1.40. The zero-order chi connectivity index (χ0) is 19.3. The molecule has 0 aliphatic heterocycles. The fourth-order valence-electron chi connectivity index (χ4n) is 2.38. The third-order valence-electron chi connectivity index (χ3n) is 3.52. The first-order valence-electron chi connectivity index (χ1n) is 7.97. The number of H-pyrrole nitrogens is 1. The first-order valence-corrected chi connectivity index (χ1v) is 8.38. The van der Waals surface area contributed by atoms with E-state index in [-0.39, 0.29) is 11.5 Å². The molecule has 7 nitrogen and oxygen atoms in total. The van der Waals surface area contributed by atoms with Crippen molar-refractivity contribution in [1.29, 1.82) is 0 Å². The zero-order valence-corrected chi connectivity index (χ0v) is 15.8. The number of hydrogen-bond donors (Lipinski definition) is 3. The number of phenolic OH excluding ortho intramolecular Hbond substituents is 2. The van der Waals surface area contributed by atoms with Gasteiger partial charge in [-0.15, -0.1) is 0 Å². The maximum Gasteiger partial charge on any atom is 0.200 e. The molecule has 0 saturated carbocycles. The van der Waals surface area contributed by atoms with Gasteiger partial charge in [-0.3, -0.25) is 9.67 Å². The molecule has 2 aromatic carbocycles. The van der Waals surface area contributed by atoms with Gasteiger partial charge in [-0.05, 0) is 36.5 Å². The molecule has 0 spiro atoms. The number of benzene rings is 2. The number of aromatic nitrogens is 3. The minimum absolute atomic E-state index is 0.0455. The van der Waals surface area contributed by atoms with Gasteiger partial charge in [-0.2, -0.15) is 5.10 Å². The van der Waals surface area contributed by atoms with Crippen LogP contribution >= 0.6 is 12.2 Å². The van der Waals surface area contributed by atoms with Crippen LogP contribution in [0.5, 0.6) is 23.0 Å². The fraction of sp³-hybridized carbons (Fsp3) is 0.222. The Kier molecular flexibility index (Phi) is 6.24. The Morgan fingerprint density at radius 1 is 1.04 bits per heavy atom. The molecule has 8 heteroatoms. The van der Waals surface area contributed by atoms with E-state index in [1.165, 1.54) is 12.1 Å². The van der Waals surface area contributed by atoms with Crippen LogP contribution in [0.25, 0.3) is 17.1 Å². The Balaban J connectivity index is 0.00000117. The molecule has 0 amide bonds. The molecule has 0 aliphatic carbocycles. The van der Waals surface area contributed by atoms with E-state index in [9.17, 15) is 10.2 Å². The van der Waals surface area contributed by atoms with Crippen molar-refractivity contribution in [2.24, 2.45) is 0 Å². The van der Waals surface area contributed by atoms with Crippen LogP contribution in [0.3, 0.4) is 0 Å². The quantitative estimate of drug-likeness (QED) is 0.596. The average Bonchev–Trinajstić information content (AvgIpc) is 3.04. The maximum absolute atomic E-state index is 10.1. The van der Waals surface area contributed by atoms with Crippen LogP contribution < -0.4 is 9.47 Å². The smallest absolute Gasteiger partial charge is 0.200 e. The number of ether oxygens (including phenoxy) is 2. The summed E-state index contributed by atoms with van der Waals surface area (Å²) in [4.78, 5) is 0. The first kappa shape index (κ1) is 19.3. The lowest BCUT2D eigenvalue weighted by molar-refractivity contribution is 0.401. The van der Waals surface area contributed by atoms with Crippen LogP contribution in [0.4, 0.5) is 0 Å². The van der Waals surface area contributed by atoms with Gasteiger partial charge in [0.1, 0.15) is 23.0 Å². The number of aromatic hydroxyl groups is 2. The van der Waals surface area contributed by atoms with Crippen molar-refractivity contribution in [2.45, 2.75) is 13.8 Å². The Hall–Kier alpha value is -3.00. The van der Waals surface area contributed by atoms with Gasteiger partial charge in [0.2, 0.25) is 0 Å². The number of aromatic amines is 1. The number of nitrogens with one attached hydrogen (secondary N) is 1. The van der Waals surface area contributed by atoms with E-state index in [1.54, 1.807) is 43.1 Å². The standard InChI is InChI=1S/C16H15N3O4S.C2H6/c1-22-10-4-6-14(23-2)12(8-10)19-15(17-18-16(19)24)11-5-3-9(20)7-13(11)21;1-2/h3-8,20-21H,1-2H3,(H,18,24);1-2H3. The summed E-state index contributed by atoms with van der Waals surface area (Å²) in [5.41, 5.74) is 1.02. The summed E-state index contributed by atoms with van der Waals surface area (Å²) in [6.45, 7) is 4.00. The molecule has 0 aliphatic rings.